The van der Waals surface area contributed by atoms with Gasteiger partial charge in [-0.15, -0.1) is 0 Å². The lowest BCUT2D eigenvalue weighted by atomic mass is 10.1. The Morgan fingerprint density at radius 3 is 2.80 bits per heavy atom. The first-order chi connectivity index (χ1) is 12.2. The summed E-state index contributed by atoms with van der Waals surface area (Å²) in [6.45, 7) is 0.0338. The van der Waals surface area contributed by atoms with Gasteiger partial charge in [-0.3, -0.25) is 4.57 Å². The molecule has 4 rings (SSSR count). The predicted octanol–water partition coefficient (Wildman–Crippen LogP) is -0.357. The molecule has 132 valence electrons. The Morgan fingerprint density at radius 2 is 2.08 bits per heavy atom. The van der Waals surface area contributed by atoms with Crippen LogP contribution in [0.4, 0.5) is 5.82 Å². The van der Waals surface area contributed by atoms with E-state index in [9.17, 15) is 15.3 Å². The third-order valence-electron chi connectivity index (χ3n) is 4.16. The molecule has 4 atom stereocenters. The number of hydrogen-bond acceptors (Lipinski definition) is 9. The van der Waals surface area contributed by atoms with Crippen LogP contribution in [0.3, 0.4) is 0 Å². The summed E-state index contributed by atoms with van der Waals surface area (Å²) in [6.07, 6.45) is 0.253. The first kappa shape index (κ1) is 16.0. The molecular formula is C15H17N5O5. The smallest absolute Gasteiger partial charge is 0.167 e. The molecule has 0 amide bonds. The number of nitrogens with zero attached hydrogens (tertiary/aromatic N) is 4. The number of aromatic nitrogens is 4. The number of nitrogens with one attached hydrogen (secondary N) is 1. The molecule has 3 aromatic rings. The van der Waals surface area contributed by atoms with Crippen LogP contribution in [0.5, 0.6) is 0 Å². The number of aliphatic hydroxyl groups excluding tert-OH is 3. The minimum atomic E-state index is -1.20. The average Bonchev–Trinajstić information content (AvgIpc) is 3.34. The highest BCUT2D eigenvalue weighted by Gasteiger charge is 2.44. The molecule has 10 heteroatoms. The molecule has 10 nitrogen and oxygen atoms in total. The van der Waals surface area contributed by atoms with Crippen molar-refractivity contribution < 1.29 is 24.5 Å². The second kappa shape index (κ2) is 6.41. The topological polar surface area (TPSA) is 139 Å². The molecule has 1 aliphatic heterocycles. The van der Waals surface area contributed by atoms with Gasteiger partial charge in [-0.05, 0) is 12.1 Å². The van der Waals surface area contributed by atoms with Crippen molar-refractivity contribution in [2.24, 2.45) is 0 Å². The first-order valence-electron chi connectivity index (χ1n) is 7.75. The minimum absolute atomic E-state index is 0.397. The molecule has 0 spiro atoms. The van der Waals surface area contributed by atoms with E-state index in [4.69, 9.17) is 9.15 Å². The molecule has 0 aromatic carbocycles. The number of furan rings is 1. The Bertz CT molecular complexity index is 851. The highest BCUT2D eigenvalue weighted by atomic mass is 16.6. The van der Waals surface area contributed by atoms with Crippen molar-refractivity contribution in [2.45, 2.75) is 31.1 Å². The van der Waals surface area contributed by atoms with Crippen LogP contribution >= 0.6 is 0 Å². The van der Waals surface area contributed by atoms with E-state index in [2.05, 4.69) is 20.3 Å². The number of imidazole rings is 1. The molecule has 4 N–H and O–H groups in total. The number of fused-ring (bicyclic) bond motifs is 1. The van der Waals surface area contributed by atoms with Gasteiger partial charge in [-0.1, -0.05) is 0 Å². The number of anilines is 1. The standard InChI is InChI=1S/C15H17N5O5/c21-5-9-11(22)12(23)15(25-9)20-7-19-10-13(17-6-18-14(10)20)16-4-8-2-1-3-24-8/h1-3,6-7,9,11-12,15,21-23H,4-5H2,(H,16,17,18)/t9-,11+,12+,15+/m0/s1. The summed E-state index contributed by atoms with van der Waals surface area (Å²) >= 11 is 0. The van der Waals surface area contributed by atoms with Crippen LogP contribution in [0.1, 0.15) is 12.0 Å². The van der Waals surface area contributed by atoms with Crippen molar-refractivity contribution in [3.63, 3.8) is 0 Å². The van der Waals surface area contributed by atoms with Crippen LogP contribution in [-0.4, -0.2) is 59.8 Å². The molecule has 1 saturated heterocycles. The normalized spacial score (nSPS) is 26.4. The van der Waals surface area contributed by atoms with E-state index in [0.29, 0.717) is 23.5 Å². The van der Waals surface area contributed by atoms with Gasteiger partial charge in [0.25, 0.3) is 0 Å². The highest BCUT2D eigenvalue weighted by Crippen LogP contribution is 2.32. The molecule has 25 heavy (non-hydrogen) atoms. The molecule has 0 saturated carbocycles. The van der Waals surface area contributed by atoms with Crippen molar-refractivity contribution in [1.29, 1.82) is 0 Å². The summed E-state index contributed by atoms with van der Waals surface area (Å²) in [5.41, 5.74) is 0.929. The van der Waals surface area contributed by atoms with Crippen LogP contribution < -0.4 is 5.32 Å². The Kier molecular flexibility index (Phi) is 4.09. The summed E-state index contributed by atoms with van der Waals surface area (Å²) in [5.74, 6) is 1.25. The fraction of sp³-hybridized carbons (Fsp3) is 0.400. The quantitative estimate of drug-likeness (QED) is 0.487. The second-order valence-electron chi connectivity index (χ2n) is 5.71. The average molecular weight is 347 g/mol. The molecule has 0 radical (unpaired) electrons. The van der Waals surface area contributed by atoms with Crippen molar-refractivity contribution in [2.75, 3.05) is 11.9 Å². The zero-order valence-electron chi connectivity index (χ0n) is 13.1. The molecular weight excluding hydrogens is 330 g/mol. The van der Waals surface area contributed by atoms with Gasteiger partial charge in [0, 0.05) is 0 Å². The van der Waals surface area contributed by atoms with Crippen molar-refractivity contribution in [1.82, 2.24) is 19.5 Å². The van der Waals surface area contributed by atoms with Gasteiger partial charge >= 0.3 is 0 Å². The van der Waals surface area contributed by atoms with Crippen molar-refractivity contribution >= 4 is 17.0 Å². The van der Waals surface area contributed by atoms with Crippen LogP contribution in [0.25, 0.3) is 11.2 Å². The van der Waals surface area contributed by atoms with Gasteiger partial charge in [-0.25, -0.2) is 15.0 Å². The lowest BCUT2D eigenvalue weighted by Gasteiger charge is -2.16. The molecule has 4 heterocycles. The van der Waals surface area contributed by atoms with E-state index in [1.54, 1.807) is 12.3 Å². The van der Waals surface area contributed by atoms with Crippen molar-refractivity contribution in [3.05, 3.63) is 36.8 Å². The van der Waals surface area contributed by atoms with E-state index in [-0.39, 0.29) is 0 Å². The molecule has 3 aromatic heterocycles. The number of rotatable bonds is 5. The monoisotopic (exact) mass is 347 g/mol. The molecule has 0 bridgehead atoms. The summed E-state index contributed by atoms with van der Waals surface area (Å²) in [6, 6.07) is 3.63. The maximum Gasteiger partial charge on any atom is 0.167 e. The zero-order valence-corrected chi connectivity index (χ0v) is 13.1. The van der Waals surface area contributed by atoms with Crippen LogP contribution in [0.2, 0.25) is 0 Å². The first-order valence-corrected chi connectivity index (χ1v) is 7.75. The summed E-state index contributed by atoms with van der Waals surface area (Å²) < 4.78 is 12.3. The highest BCUT2D eigenvalue weighted by molar-refractivity contribution is 5.82. The van der Waals surface area contributed by atoms with Crippen molar-refractivity contribution in [3.8, 4) is 0 Å². The fourth-order valence-corrected chi connectivity index (χ4v) is 2.86. The van der Waals surface area contributed by atoms with Gasteiger partial charge in [0.2, 0.25) is 0 Å². The molecule has 1 aliphatic rings. The van der Waals surface area contributed by atoms with Gasteiger partial charge in [0.1, 0.15) is 30.4 Å². The predicted molar refractivity (Wildman–Crippen MR) is 84.4 cm³/mol. The lowest BCUT2D eigenvalue weighted by Crippen LogP contribution is -2.33. The van der Waals surface area contributed by atoms with E-state index in [0.717, 1.165) is 5.76 Å². The third kappa shape index (κ3) is 2.74. The molecule has 0 aliphatic carbocycles. The van der Waals surface area contributed by atoms with E-state index < -0.39 is 31.1 Å². The Labute approximate surface area is 141 Å². The third-order valence-corrected chi connectivity index (χ3v) is 4.16. The lowest BCUT2D eigenvalue weighted by molar-refractivity contribution is -0.0511. The second-order valence-corrected chi connectivity index (χ2v) is 5.71. The summed E-state index contributed by atoms with van der Waals surface area (Å²) in [4.78, 5) is 12.7. The van der Waals surface area contributed by atoms with E-state index in [1.807, 2.05) is 6.07 Å². The SMILES string of the molecule is OC[C@@H]1O[C@@H](n2cnc3c(NCc4ccco4)ncnc32)[C@H](O)[C@@H]1O. The van der Waals surface area contributed by atoms with Gasteiger partial charge in [0.05, 0.1) is 25.7 Å². The van der Waals surface area contributed by atoms with E-state index >= 15 is 0 Å². The van der Waals surface area contributed by atoms with E-state index in [1.165, 1.54) is 17.2 Å². The Hall–Kier alpha value is -2.53. The van der Waals surface area contributed by atoms with Crippen LogP contribution in [0.15, 0.2) is 35.5 Å². The van der Waals surface area contributed by atoms with Crippen LogP contribution in [0, 0.1) is 0 Å². The summed E-state index contributed by atoms with van der Waals surface area (Å²) in [5, 5.41) is 32.4. The largest absolute Gasteiger partial charge is 0.467 e. The van der Waals surface area contributed by atoms with Gasteiger partial charge in [0.15, 0.2) is 23.2 Å². The van der Waals surface area contributed by atoms with Gasteiger partial charge in [-0.2, -0.15) is 0 Å². The summed E-state index contributed by atoms with van der Waals surface area (Å²) in [7, 11) is 0. The maximum absolute atomic E-state index is 10.2. The number of aliphatic hydroxyl groups is 3. The fourth-order valence-electron chi connectivity index (χ4n) is 2.86. The minimum Gasteiger partial charge on any atom is -0.467 e. The van der Waals surface area contributed by atoms with Gasteiger partial charge < -0.3 is 29.8 Å². The number of ether oxygens (including phenoxy) is 1. The maximum atomic E-state index is 10.2. The molecule has 1 fully saturated rings. The van der Waals surface area contributed by atoms with Crippen LogP contribution in [-0.2, 0) is 11.3 Å². The number of hydrogen-bond donors (Lipinski definition) is 4. The zero-order chi connectivity index (χ0) is 17.4. The Morgan fingerprint density at radius 1 is 1.20 bits per heavy atom. The Balaban J connectivity index is 1.63. The molecule has 0 unspecified atom stereocenters.